The van der Waals surface area contributed by atoms with E-state index >= 15 is 4.39 Å². The zero-order valence-corrected chi connectivity index (χ0v) is 43.1. The van der Waals surface area contributed by atoms with Crippen molar-refractivity contribution in [3.8, 4) is 11.4 Å². The van der Waals surface area contributed by atoms with E-state index < -0.39 is 47.7 Å². The molecular weight excluding hydrogens is 1010 g/mol. The molecular formula is C49H60Cl3F2N11O8. The summed E-state index contributed by atoms with van der Waals surface area (Å²) in [6.07, 6.45) is 4.72. The fourth-order valence-electron chi connectivity index (χ4n) is 8.97. The topological polar surface area (TPSA) is 201 Å². The molecule has 19 nitrogen and oxygen atoms in total. The molecule has 5 heterocycles. The number of benzene rings is 3. The number of aliphatic hydroxyl groups excluding tert-OH is 1. The molecule has 0 spiro atoms. The highest BCUT2D eigenvalue weighted by molar-refractivity contribution is 5.86. The number of aliphatic hydroxyl groups is 1. The fourth-order valence-corrected chi connectivity index (χ4v) is 8.97. The Morgan fingerprint density at radius 1 is 0.973 bits per heavy atom. The Kier molecular flexibility index (Phi) is 20.1. The predicted molar refractivity (Wildman–Crippen MR) is 267 cm³/mol. The first-order chi connectivity index (χ1) is 33.7. The number of pyridine rings is 1. The van der Waals surface area contributed by atoms with Crippen LogP contribution in [0.15, 0.2) is 109 Å². The molecule has 0 saturated carbocycles. The van der Waals surface area contributed by atoms with Crippen molar-refractivity contribution in [3.63, 3.8) is 0 Å². The van der Waals surface area contributed by atoms with E-state index in [1.54, 1.807) is 41.6 Å². The van der Waals surface area contributed by atoms with Crippen LogP contribution in [0.2, 0.25) is 0 Å². The van der Waals surface area contributed by atoms with E-state index in [1.165, 1.54) is 52.2 Å². The number of esters is 1. The lowest BCUT2D eigenvalue weighted by molar-refractivity contribution is -0.753. The van der Waals surface area contributed by atoms with Gasteiger partial charge in [0.1, 0.15) is 48.3 Å². The second-order valence-electron chi connectivity index (χ2n) is 17.5. The van der Waals surface area contributed by atoms with Crippen LogP contribution in [0.25, 0.3) is 5.69 Å². The molecule has 0 aliphatic carbocycles. The lowest BCUT2D eigenvalue weighted by Gasteiger charge is -2.37. The van der Waals surface area contributed by atoms with Crippen LogP contribution in [-0.2, 0) is 37.8 Å². The van der Waals surface area contributed by atoms with Crippen LogP contribution in [0.3, 0.4) is 0 Å². The maximum absolute atomic E-state index is 15.6. The van der Waals surface area contributed by atoms with Gasteiger partial charge in [0.2, 0.25) is 12.6 Å². The number of aromatic nitrogens is 7. The third-order valence-electron chi connectivity index (χ3n) is 12.8. The fraction of sp³-hybridized carbons (Fsp3) is 0.408. The predicted octanol–water partition coefficient (Wildman–Crippen LogP) is 2.50. The highest BCUT2D eigenvalue weighted by Gasteiger charge is 2.46. The minimum atomic E-state index is -1.23. The number of nitrogens with zero attached hydrogens (tertiary/aromatic N) is 10. The number of halogens is 5. The second kappa shape index (κ2) is 25.5. The zero-order chi connectivity index (χ0) is 49.5. The Morgan fingerprint density at radius 3 is 2.26 bits per heavy atom. The molecule has 2 aliphatic heterocycles. The molecule has 0 radical (unpaired) electrons. The van der Waals surface area contributed by atoms with Crippen molar-refractivity contribution in [1.82, 2.24) is 29.1 Å². The number of ether oxygens (including phenoxy) is 4. The van der Waals surface area contributed by atoms with Gasteiger partial charge in [0.25, 0.3) is 6.33 Å². The number of nitrogens with two attached hydrogens (primary N) is 1. The molecule has 3 aromatic carbocycles. The number of hydrogen-bond donors (Lipinski definition) is 2. The van der Waals surface area contributed by atoms with Crippen molar-refractivity contribution in [2.24, 2.45) is 11.7 Å². The van der Waals surface area contributed by atoms with Gasteiger partial charge >= 0.3 is 17.8 Å². The molecule has 24 heteroatoms. The summed E-state index contributed by atoms with van der Waals surface area (Å²) in [5.41, 5.74) is 7.31. The number of rotatable bonds is 18. The third-order valence-corrected chi connectivity index (χ3v) is 12.8. The molecule has 2 saturated heterocycles. The van der Waals surface area contributed by atoms with E-state index in [4.69, 9.17) is 24.7 Å². The van der Waals surface area contributed by atoms with Crippen LogP contribution < -0.4 is 47.8 Å². The molecule has 3 aromatic heterocycles. The van der Waals surface area contributed by atoms with E-state index in [2.05, 4.69) is 25.0 Å². The average molecular weight is 1080 g/mol. The van der Waals surface area contributed by atoms with Gasteiger partial charge in [0, 0.05) is 85.9 Å². The van der Waals surface area contributed by atoms with Crippen molar-refractivity contribution in [1.29, 1.82) is 0 Å². The molecule has 2 unspecified atom stereocenters. The number of carbonyl (C=O) groups is 2. The summed E-state index contributed by atoms with van der Waals surface area (Å²) in [7, 11) is 1.48. The molecule has 2 fully saturated rings. The zero-order valence-electron chi connectivity index (χ0n) is 40.7. The molecule has 1 amide bonds. The van der Waals surface area contributed by atoms with Gasteiger partial charge in [0.15, 0.2) is 0 Å². The first-order valence-corrected chi connectivity index (χ1v) is 23.2. The lowest BCUT2D eigenvalue weighted by Crippen LogP contribution is -3.00. The summed E-state index contributed by atoms with van der Waals surface area (Å²) < 4.78 is 59.3. The Balaban J connectivity index is 0.00000329. The number of anilines is 3. The van der Waals surface area contributed by atoms with Crippen LogP contribution in [0.5, 0.6) is 5.75 Å². The Hall–Kier alpha value is -6.36. The van der Waals surface area contributed by atoms with E-state index in [1.807, 2.05) is 55.5 Å². The van der Waals surface area contributed by atoms with E-state index in [9.17, 15) is 23.9 Å². The summed E-state index contributed by atoms with van der Waals surface area (Å²) in [5, 5.41) is 18.9. The molecule has 3 N–H and O–H groups in total. The van der Waals surface area contributed by atoms with Crippen LogP contribution in [-0.4, -0.2) is 105 Å². The number of carbonyl (C=O) groups excluding carboxylic acids is 2. The molecule has 5 atom stereocenters. The van der Waals surface area contributed by atoms with Crippen molar-refractivity contribution in [3.05, 3.63) is 137 Å². The number of piperazine rings is 1. The van der Waals surface area contributed by atoms with Crippen LogP contribution in [0.4, 0.5) is 30.8 Å². The molecule has 73 heavy (non-hydrogen) atoms. The molecule has 0 bridgehead atoms. The molecule has 8 rings (SSSR count). The van der Waals surface area contributed by atoms with E-state index in [-0.39, 0.29) is 93.1 Å². The SMILES string of the molecule is CCC([C@H](C)O)n1ncn(-c2ccc(N3CCN(c4ccc(OC[C@@H]5CO[C@@](Cn6c[n+](C(C)OC(=O)N(C)c7ncccc7COC(=O)CN)cn6)(c6ccc(F)cc6F)C5)cc4)CC3)cc2)c1=O.Cl.Cl.[Cl-]. The summed E-state index contributed by atoms with van der Waals surface area (Å²) >= 11 is 0. The largest absolute Gasteiger partial charge is 1.00 e. The Morgan fingerprint density at radius 2 is 1.63 bits per heavy atom. The van der Waals surface area contributed by atoms with E-state index in [0.717, 1.165) is 43.6 Å². The smallest absolute Gasteiger partial charge is 0.418 e. The second-order valence-corrected chi connectivity index (χ2v) is 17.5. The Bertz CT molecular complexity index is 2810. The first kappa shape index (κ1) is 57.5. The summed E-state index contributed by atoms with van der Waals surface area (Å²) in [4.78, 5) is 48.1. The standard InChI is InChI=1S/C49H58F2N11O8.3ClH/c1-5-44(33(2)63)62-47(65)61(31-55-62)40-11-9-38(10-12-40)57-19-21-58(22-20-57)39-13-15-41(16-14-39)67-26-35-24-49(69-27-35,42-17-8-37(50)23-43(42)51)29-60-32-59(30-54-60)34(3)70-48(66)56(4)46-36(7-6-18-53-46)28-68-45(64)25-52;;;/h6-18,23,30-35,44,63H,5,19-22,24-29,52H2,1-4H3;3*1H/q+1;;;/p-1/t33-,34?,35+,44?,49-;;;/m0.../s1. The van der Waals surface area contributed by atoms with Crippen molar-refractivity contribution >= 4 is 54.1 Å². The van der Waals surface area contributed by atoms with Gasteiger partial charge in [-0.05, 0) is 80.4 Å². The van der Waals surface area contributed by atoms with Crippen molar-refractivity contribution in [2.75, 3.05) is 67.7 Å². The maximum atomic E-state index is 15.6. The van der Waals surface area contributed by atoms with Gasteiger partial charge in [-0.15, -0.1) is 29.5 Å². The molecule has 2 aliphatic rings. The minimum absolute atomic E-state index is 0. The van der Waals surface area contributed by atoms with Crippen molar-refractivity contribution < 1.29 is 59.4 Å². The summed E-state index contributed by atoms with van der Waals surface area (Å²) in [5.74, 6) is -1.31. The maximum Gasteiger partial charge on any atom is 0.418 e. The number of hydrogen-bond acceptors (Lipinski definition) is 14. The van der Waals surface area contributed by atoms with Gasteiger partial charge in [-0.25, -0.2) is 32.6 Å². The van der Waals surface area contributed by atoms with Gasteiger partial charge < -0.3 is 52.0 Å². The van der Waals surface area contributed by atoms with Crippen molar-refractivity contribution in [2.45, 2.75) is 70.7 Å². The van der Waals surface area contributed by atoms with Gasteiger partial charge in [0.05, 0.1) is 37.6 Å². The highest BCUT2D eigenvalue weighted by atomic mass is 35.5. The van der Waals surface area contributed by atoms with E-state index in [0.29, 0.717) is 29.8 Å². The highest BCUT2D eigenvalue weighted by Crippen LogP contribution is 2.42. The van der Waals surface area contributed by atoms with Gasteiger partial charge in [-0.3, -0.25) is 9.69 Å². The van der Waals surface area contributed by atoms with Crippen LogP contribution in [0.1, 0.15) is 57.0 Å². The summed E-state index contributed by atoms with van der Waals surface area (Å²) in [6, 6.07) is 22.1. The average Bonchev–Trinajstić information content (AvgIpc) is 4.12. The van der Waals surface area contributed by atoms with Crippen LogP contribution >= 0.6 is 24.8 Å². The lowest BCUT2D eigenvalue weighted by atomic mass is 9.87. The molecule has 6 aromatic rings. The van der Waals surface area contributed by atoms with Crippen LogP contribution in [0, 0.1) is 17.6 Å². The first-order valence-electron chi connectivity index (χ1n) is 23.2. The quantitative estimate of drug-likeness (QED) is 0.0940. The van der Waals surface area contributed by atoms with Gasteiger partial charge in [-0.2, -0.15) is 9.67 Å². The monoisotopic (exact) mass is 1070 g/mol. The third kappa shape index (κ3) is 13.3. The Labute approximate surface area is 439 Å². The summed E-state index contributed by atoms with van der Waals surface area (Å²) in [6.45, 7) is 8.59. The molecule has 394 valence electrons. The van der Waals surface area contributed by atoms with Gasteiger partial charge in [-0.1, -0.05) is 19.1 Å². The normalized spacial score (nSPS) is 17.6. The number of amides is 1. The minimum Gasteiger partial charge on any atom is -1.00 e.